The molecule has 1 aromatic carbocycles. The molecule has 1 aliphatic heterocycles. The molecule has 124 valence electrons. The third-order valence-corrected chi connectivity index (χ3v) is 4.86. The van der Waals surface area contributed by atoms with Crippen molar-refractivity contribution < 1.29 is 9.84 Å². The van der Waals surface area contributed by atoms with Crippen molar-refractivity contribution in [3.63, 3.8) is 0 Å². The molecule has 1 aliphatic carbocycles. The predicted molar refractivity (Wildman–Crippen MR) is 92.1 cm³/mol. The van der Waals surface area contributed by atoms with Crippen molar-refractivity contribution in [3.8, 4) is 5.75 Å². The van der Waals surface area contributed by atoms with Crippen LogP contribution in [0.3, 0.4) is 0 Å². The molecule has 1 aromatic rings. The van der Waals surface area contributed by atoms with E-state index in [2.05, 4.69) is 24.0 Å². The Morgan fingerprint density at radius 2 is 1.95 bits per heavy atom. The minimum Gasteiger partial charge on any atom is -0.491 e. The van der Waals surface area contributed by atoms with E-state index in [-0.39, 0.29) is 12.4 Å². The summed E-state index contributed by atoms with van der Waals surface area (Å²) in [6.07, 6.45) is 5.73. The molecule has 2 aliphatic rings. The van der Waals surface area contributed by atoms with Crippen LogP contribution in [0.2, 0.25) is 0 Å². The summed E-state index contributed by atoms with van der Waals surface area (Å²) in [5.74, 6) is 1.74. The number of piperidine rings is 1. The summed E-state index contributed by atoms with van der Waals surface area (Å²) in [7, 11) is 0. The number of aliphatic hydroxyl groups is 1. The molecule has 1 saturated heterocycles. The number of hydrogen-bond donors (Lipinski definition) is 1. The molecular weight excluding hydrogens is 298 g/mol. The molecule has 1 heterocycles. The maximum Gasteiger partial charge on any atom is 0.119 e. The van der Waals surface area contributed by atoms with Gasteiger partial charge in [0, 0.05) is 6.54 Å². The first-order valence-electron chi connectivity index (χ1n) is 8.36. The van der Waals surface area contributed by atoms with E-state index in [1.54, 1.807) is 0 Å². The van der Waals surface area contributed by atoms with Gasteiger partial charge in [0.05, 0.1) is 0 Å². The molecule has 0 radical (unpaired) electrons. The van der Waals surface area contributed by atoms with Crippen LogP contribution in [0.4, 0.5) is 0 Å². The van der Waals surface area contributed by atoms with E-state index in [1.807, 2.05) is 6.07 Å². The number of hydrogen-bond acceptors (Lipinski definition) is 3. The van der Waals surface area contributed by atoms with E-state index in [9.17, 15) is 5.11 Å². The largest absolute Gasteiger partial charge is 0.491 e. The fourth-order valence-corrected chi connectivity index (χ4v) is 3.43. The van der Waals surface area contributed by atoms with Crippen molar-refractivity contribution in [2.75, 3.05) is 26.2 Å². The highest BCUT2D eigenvalue weighted by Crippen LogP contribution is 2.26. The molecule has 4 heteroatoms. The number of fused-ring (bicyclic) bond motifs is 1. The van der Waals surface area contributed by atoms with E-state index in [0.29, 0.717) is 6.61 Å². The van der Waals surface area contributed by atoms with Gasteiger partial charge < -0.3 is 14.7 Å². The molecule has 22 heavy (non-hydrogen) atoms. The number of β-amino-alcohol motifs (C(OH)–C–C–N with tert-alkyl or cyclic N) is 1. The second kappa shape index (κ2) is 8.19. The number of aryl methyl sites for hydroxylation is 2. The lowest BCUT2D eigenvalue weighted by Gasteiger charge is -2.31. The molecule has 1 fully saturated rings. The fraction of sp³-hybridized carbons (Fsp3) is 0.667. The zero-order valence-corrected chi connectivity index (χ0v) is 14.3. The van der Waals surface area contributed by atoms with Crippen LogP contribution in [-0.2, 0) is 12.8 Å². The molecule has 0 spiro atoms. The van der Waals surface area contributed by atoms with Crippen LogP contribution >= 0.6 is 12.4 Å². The van der Waals surface area contributed by atoms with Gasteiger partial charge in [-0.1, -0.05) is 13.0 Å². The van der Waals surface area contributed by atoms with Crippen molar-refractivity contribution in [3.05, 3.63) is 29.3 Å². The van der Waals surface area contributed by atoms with E-state index < -0.39 is 6.10 Å². The lowest BCUT2D eigenvalue weighted by molar-refractivity contribution is 0.0563. The number of nitrogens with zero attached hydrogens (tertiary/aromatic N) is 1. The summed E-state index contributed by atoms with van der Waals surface area (Å²) in [6.45, 7) is 5.65. The quantitative estimate of drug-likeness (QED) is 0.903. The summed E-state index contributed by atoms with van der Waals surface area (Å²) < 4.78 is 5.78. The van der Waals surface area contributed by atoms with Crippen LogP contribution in [0.1, 0.15) is 37.3 Å². The van der Waals surface area contributed by atoms with Gasteiger partial charge in [-0.2, -0.15) is 0 Å². The average molecular weight is 326 g/mol. The van der Waals surface area contributed by atoms with Crippen LogP contribution < -0.4 is 4.74 Å². The molecule has 0 bridgehead atoms. The summed E-state index contributed by atoms with van der Waals surface area (Å²) in [5, 5.41) is 10.2. The van der Waals surface area contributed by atoms with Crippen LogP contribution in [0.15, 0.2) is 18.2 Å². The van der Waals surface area contributed by atoms with Crippen LogP contribution in [0.25, 0.3) is 0 Å². The van der Waals surface area contributed by atoms with Gasteiger partial charge >= 0.3 is 0 Å². The molecule has 0 aromatic heterocycles. The van der Waals surface area contributed by atoms with Crippen molar-refractivity contribution in [1.82, 2.24) is 4.90 Å². The third kappa shape index (κ3) is 4.61. The van der Waals surface area contributed by atoms with E-state index in [1.165, 1.54) is 43.2 Å². The van der Waals surface area contributed by atoms with Crippen LogP contribution in [0, 0.1) is 5.92 Å². The van der Waals surface area contributed by atoms with Gasteiger partial charge in [-0.3, -0.25) is 0 Å². The van der Waals surface area contributed by atoms with E-state index >= 15 is 0 Å². The Morgan fingerprint density at radius 1 is 1.23 bits per heavy atom. The van der Waals surface area contributed by atoms with Gasteiger partial charge in [0.2, 0.25) is 0 Å². The van der Waals surface area contributed by atoms with Gasteiger partial charge in [0.1, 0.15) is 18.5 Å². The smallest absolute Gasteiger partial charge is 0.119 e. The number of benzene rings is 1. The number of halogens is 1. The Labute approximate surface area is 140 Å². The normalized spacial score (nSPS) is 20.3. The van der Waals surface area contributed by atoms with Crippen LogP contribution in [-0.4, -0.2) is 42.4 Å². The first kappa shape index (κ1) is 17.6. The Balaban J connectivity index is 0.00000176. The average Bonchev–Trinajstić information content (AvgIpc) is 2.95. The summed E-state index contributed by atoms with van der Waals surface area (Å²) in [4.78, 5) is 2.36. The minimum atomic E-state index is -0.397. The standard InChI is InChI=1S/C18H27NO2.ClH/c1-14-7-9-19(10-8-14)12-17(20)13-21-18-6-5-15-3-2-4-16(15)11-18;/h5-6,11,14,17,20H,2-4,7-10,12-13H2,1H3;1H. The topological polar surface area (TPSA) is 32.7 Å². The first-order chi connectivity index (χ1) is 10.2. The molecule has 1 unspecified atom stereocenters. The van der Waals surface area contributed by atoms with Crippen molar-refractivity contribution in [2.45, 2.75) is 45.1 Å². The molecule has 3 nitrogen and oxygen atoms in total. The number of rotatable bonds is 5. The Kier molecular flexibility index (Phi) is 6.54. The van der Waals surface area contributed by atoms with Gasteiger partial charge in [-0.15, -0.1) is 12.4 Å². The second-order valence-corrected chi connectivity index (χ2v) is 6.73. The fourth-order valence-electron chi connectivity index (χ4n) is 3.43. The Hall–Kier alpha value is -0.770. The van der Waals surface area contributed by atoms with Crippen molar-refractivity contribution >= 4 is 12.4 Å². The first-order valence-corrected chi connectivity index (χ1v) is 8.36. The van der Waals surface area contributed by atoms with E-state index in [4.69, 9.17) is 4.74 Å². The molecule has 0 amide bonds. The van der Waals surface area contributed by atoms with Gasteiger partial charge in [0.25, 0.3) is 0 Å². The van der Waals surface area contributed by atoms with Crippen LogP contribution in [0.5, 0.6) is 5.75 Å². The predicted octanol–water partition coefficient (Wildman–Crippen LogP) is 3.07. The maximum absolute atomic E-state index is 10.2. The van der Waals surface area contributed by atoms with E-state index in [0.717, 1.165) is 31.3 Å². The number of ether oxygens (including phenoxy) is 1. The minimum absolute atomic E-state index is 0. The van der Waals surface area contributed by atoms with Gasteiger partial charge in [0.15, 0.2) is 0 Å². The lowest BCUT2D eigenvalue weighted by Crippen LogP contribution is -2.40. The second-order valence-electron chi connectivity index (χ2n) is 6.73. The molecule has 3 rings (SSSR count). The lowest BCUT2D eigenvalue weighted by atomic mass is 9.99. The Bertz CT molecular complexity index is 472. The van der Waals surface area contributed by atoms with Crippen molar-refractivity contribution in [2.24, 2.45) is 5.92 Å². The zero-order valence-electron chi connectivity index (χ0n) is 13.5. The summed E-state index contributed by atoms with van der Waals surface area (Å²) in [5.41, 5.74) is 2.89. The Morgan fingerprint density at radius 3 is 2.73 bits per heavy atom. The van der Waals surface area contributed by atoms with Crippen molar-refractivity contribution in [1.29, 1.82) is 0 Å². The summed E-state index contributed by atoms with van der Waals surface area (Å²) >= 11 is 0. The third-order valence-electron chi connectivity index (χ3n) is 4.86. The highest BCUT2D eigenvalue weighted by Gasteiger charge is 2.19. The van der Waals surface area contributed by atoms with Gasteiger partial charge in [-0.05, 0) is 74.4 Å². The molecular formula is C18H28ClNO2. The molecule has 0 saturated carbocycles. The molecule has 1 N–H and O–H groups in total. The monoisotopic (exact) mass is 325 g/mol. The number of likely N-dealkylation sites (tertiary alicyclic amines) is 1. The van der Waals surface area contributed by atoms with Gasteiger partial charge in [-0.25, -0.2) is 0 Å². The highest BCUT2D eigenvalue weighted by atomic mass is 35.5. The maximum atomic E-state index is 10.2. The summed E-state index contributed by atoms with van der Waals surface area (Å²) in [6, 6.07) is 6.37. The SMILES string of the molecule is CC1CCN(CC(O)COc2ccc3c(c2)CCC3)CC1.Cl. The highest BCUT2D eigenvalue weighted by molar-refractivity contribution is 5.85. The number of aliphatic hydroxyl groups excluding tert-OH is 1. The zero-order chi connectivity index (χ0) is 14.7. The molecule has 1 atom stereocenters.